The Labute approximate surface area is 151 Å². The van der Waals surface area contributed by atoms with Gasteiger partial charge in [0.15, 0.2) is 5.78 Å². The minimum atomic E-state index is 0.192. The second kappa shape index (κ2) is 7.19. The molecule has 0 aliphatic heterocycles. The second-order valence-corrected chi connectivity index (χ2v) is 8.46. The van der Waals surface area contributed by atoms with E-state index in [1.54, 1.807) is 0 Å². The van der Waals surface area contributed by atoms with Gasteiger partial charge in [-0.3, -0.25) is 4.79 Å². The Morgan fingerprint density at radius 3 is 2.28 bits per heavy atom. The first kappa shape index (κ1) is 18.0. The normalized spacial score (nSPS) is 21.3. The number of ether oxygens (including phenoxy) is 1. The van der Waals surface area contributed by atoms with Crippen molar-refractivity contribution in [2.75, 3.05) is 0 Å². The molecular weight excluding hydrogens is 308 g/mol. The summed E-state index contributed by atoms with van der Waals surface area (Å²) >= 11 is 0. The zero-order valence-corrected chi connectivity index (χ0v) is 16.0. The molecule has 2 heteroatoms. The highest BCUT2D eigenvalue weighted by Gasteiger charge is 2.30. The van der Waals surface area contributed by atoms with Gasteiger partial charge in [-0.2, -0.15) is 0 Å². The van der Waals surface area contributed by atoms with Crippen molar-refractivity contribution in [3.05, 3.63) is 42.0 Å². The lowest BCUT2D eigenvalue weighted by atomic mass is 9.72. The van der Waals surface area contributed by atoms with Gasteiger partial charge >= 0.3 is 0 Å². The smallest absolute Gasteiger partial charge is 0.162 e. The van der Waals surface area contributed by atoms with Gasteiger partial charge in [0.25, 0.3) is 0 Å². The zero-order chi connectivity index (χ0) is 18.0. The Morgan fingerprint density at radius 1 is 1.00 bits per heavy atom. The van der Waals surface area contributed by atoms with Crippen LogP contribution in [0.4, 0.5) is 0 Å². The minimum Gasteiger partial charge on any atom is -0.490 e. The molecule has 2 nitrogen and oxygen atoms in total. The van der Waals surface area contributed by atoms with Crippen molar-refractivity contribution < 1.29 is 9.53 Å². The summed E-state index contributed by atoms with van der Waals surface area (Å²) in [7, 11) is 0. The lowest BCUT2D eigenvalue weighted by molar-refractivity contribution is 0.0883. The summed E-state index contributed by atoms with van der Waals surface area (Å²) in [6, 6.07) is 12.1. The van der Waals surface area contributed by atoms with Gasteiger partial charge in [0.2, 0.25) is 0 Å². The van der Waals surface area contributed by atoms with E-state index in [1.165, 1.54) is 12.8 Å². The maximum Gasteiger partial charge on any atom is 0.162 e. The molecule has 1 aliphatic carbocycles. The van der Waals surface area contributed by atoms with Crippen LogP contribution in [0.3, 0.4) is 0 Å². The fourth-order valence-corrected chi connectivity index (χ4v) is 3.91. The third-order valence-electron chi connectivity index (χ3n) is 5.66. The Kier molecular flexibility index (Phi) is 5.17. The van der Waals surface area contributed by atoms with Crippen LogP contribution in [0.25, 0.3) is 10.8 Å². The number of hydrogen-bond donors (Lipinski definition) is 0. The third-order valence-corrected chi connectivity index (χ3v) is 5.66. The quantitative estimate of drug-likeness (QED) is 0.602. The number of benzene rings is 2. The van der Waals surface area contributed by atoms with Gasteiger partial charge in [0.05, 0.1) is 6.10 Å². The van der Waals surface area contributed by atoms with E-state index in [1.807, 2.05) is 31.2 Å². The first-order chi connectivity index (χ1) is 11.9. The fourth-order valence-electron chi connectivity index (χ4n) is 3.91. The molecule has 0 heterocycles. The number of rotatable bonds is 4. The van der Waals surface area contributed by atoms with Crippen LogP contribution in [-0.4, -0.2) is 11.9 Å². The van der Waals surface area contributed by atoms with Crippen LogP contribution < -0.4 is 4.74 Å². The molecule has 0 saturated heterocycles. The number of carbonyl (C=O) groups is 1. The van der Waals surface area contributed by atoms with E-state index in [0.29, 0.717) is 17.9 Å². The molecule has 1 saturated carbocycles. The SMILES string of the molecule is CCC(=O)c1ccc2cc(O[C@H]3CC[C@H](C(C)(C)C)CC3)ccc2c1. The molecule has 1 aliphatic rings. The summed E-state index contributed by atoms with van der Waals surface area (Å²) < 4.78 is 6.26. The van der Waals surface area contributed by atoms with E-state index >= 15 is 0 Å². The van der Waals surface area contributed by atoms with Gasteiger partial charge in [0.1, 0.15) is 5.75 Å². The number of hydrogen-bond acceptors (Lipinski definition) is 2. The summed E-state index contributed by atoms with van der Waals surface area (Å²) in [6.45, 7) is 8.94. The molecule has 0 unspecified atom stereocenters. The van der Waals surface area contributed by atoms with E-state index < -0.39 is 0 Å². The molecule has 1 fully saturated rings. The summed E-state index contributed by atoms with van der Waals surface area (Å²) in [6.07, 6.45) is 5.67. The highest BCUT2D eigenvalue weighted by molar-refractivity contribution is 5.99. The molecule has 0 aromatic heterocycles. The maximum atomic E-state index is 11.9. The Morgan fingerprint density at radius 2 is 1.64 bits per heavy atom. The molecule has 0 bridgehead atoms. The lowest BCUT2D eigenvalue weighted by Crippen LogP contribution is -2.30. The Balaban J connectivity index is 1.68. The van der Waals surface area contributed by atoms with E-state index in [-0.39, 0.29) is 5.78 Å². The molecular formula is C23H30O2. The van der Waals surface area contributed by atoms with Gasteiger partial charge in [0, 0.05) is 12.0 Å². The van der Waals surface area contributed by atoms with Crippen molar-refractivity contribution >= 4 is 16.6 Å². The average molecular weight is 338 g/mol. The van der Waals surface area contributed by atoms with Crippen molar-refractivity contribution in [2.45, 2.75) is 65.9 Å². The molecule has 3 rings (SSSR count). The Bertz CT molecular complexity index is 746. The standard InChI is InChI=1S/C23H30O2/c1-5-22(24)18-7-6-17-15-21(11-8-16(17)14-18)25-20-12-9-19(10-13-20)23(2,3)4/h6-8,11,14-15,19-20H,5,9-10,12-13H2,1-4H3/t19-,20-. The van der Waals surface area contributed by atoms with Crippen molar-refractivity contribution in [2.24, 2.45) is 11.3 Å². The van der Waals surface area contributed by atoms with Crippen LogP contribution in [0.15, 0.2) is 36.4 Å². The fraction of sp³-hybridized carbons (Fsp3) is 0.522. The molecule has 2 aromatic rings. The van der Waals surface area contributed by atoms with Crippen LogP contribution in [0.1, 0.15) is 70.2 Å². The predicted molar refractivity (Wildman–Crippen MR) is 104 cm³/mol. The molecule has 0 amide bonds. The molecule has 0 radical (unpaired) electrons. The van der Waals surface area contributed by atoms with Crippen LogP contribution in [0.2, 0.25) is 0 Å². The molecule has 0 spiro atoms. The topological polar surface area (TPSA) is 26.3 Å². The van der Waals surface area contributed by atoms with Gasteiger partial charge in [-0.15, -0.1) is 0 Å². The first-order valence-electron chi connectivity index (χ1n) is 9.60. The Hall–Kier alpha value is -1.83. The summed E-state index contributed by atoms with van der Waals surface area (Å²) in [5.74, 6) is 1.94. The average Bonchev–Trinajstić information content (AvgIpc) is 2.60. The van der Waals surface area contributed by atoms with Crippen molar-refractivity contribution in [1.82, 2.24) is 0 Å². The zero-order valence-electron chi connectivity index (χ0n) is 16.0. The third kappa shape index (κ3) is 4.23. The maximum absolute atomic E-state index is 11.9. The van der Waals surface area contributed by atoms with Crippen LogP contribution in [0.5, 0.6) is 5.75 Å². The van der Waals surface area contributed by atoms with Crippen LogP contribution >= 0.6 is 0 Å². The van der Waals surface area contributed by atoms with Crippen LogP contribution in [-0.2, 0) is 0 Å². The van der Waals surface area contributed by atoms with E-state index in [0.717, 1.165) is 40.8 Å². The van der Waals surface area contributed by atoms with Gasteiger partial charge in [-0.05, 0) is 66.0 Å². The van der Waals surface area contributed by atoms with Crippen LogP contribution in [0, 0.1) is 11.3 Å². The molecule has 0 N–H and O–H groups in total. The van der Waals surface area contributed by atoms with Gasteiger partial charge in [-0.25, -0.2) is 0 Å². The largest absolute Gasteiger partial charge is 0.490 e. The number of ketones is 1. The highest BCUT2D eigenvalue weighted by atomic mass is 16.5. The molecule has 2 aromatic carbocycles. The second-order valence-electron chi connectivity index (χ2n) is 8.46. The van der Waals surface area contributed by atoms with E-state index in [2.05, 4.69) is 32.9 Å². The van der Waals surface area contributed by atoms with E-state index in [9.17, 15) is 4.79 Å². The van der Waals surface area contributed by atoms with Gasteiger partial charge < -0.3 is 4.74 Å². The van der Waals surface area contributed by atoms with Crippen molar-refractivity contribution in [3.63, 3.8) is 0 Å². The highest BCUT2D eigenvalue weighted by Crippen LogP contribution is 2.39. The van der Waals surface area contributed by atoms with Gasteiger partial charge in [-0.1, -0.05) is 45.9 Å². The lowest BCUT2D eigenvalue weighted by Gasteiger charge is -2.37. The number of fused-ring (bicyclic) bond motifs is 1. The predicted octanol–water partition coefficient (Wildman–Crippen LogP) is 6.42. The molecule has 25 heavy (non-hydrogen) atoms. The first-order valence-corrected chi connectivity index (χ1v) is 9.60. The molecule has 134 valence electrons. The van der Waals surface area contributed by atoms with E-state index in [4.69, 9.17) is 4.74 Å². The summed E-state index contributed by atoms with van der Waals surface area (Å²) in [4.78, 5) is 11.9. The number of Topliss-reactive ketones (excluding diaryl/α,β-unsaturated/α-hetero) is 1. The monoisotopic (exact) mass is 338 g/mol. The molecule has 0 atom stereocenters. The van der Waals surface area contributed by atoms with Crippen molar-refractivity contribution in [1.29, 1.82) is 0 Å². The van der Waals surface area contributed by atoms with Crippen molar-refractivity contribution in [3.8, 4) is 5.75 Å². The minimum absolute atomic E-state index is 0.192. The summed E-state index contributed by atoms with van der Waals surface area (Å²) in [5, 5.41) is 2.23. The number of carbonyl (C=O) groups excluding carboxylic acids is 1. The summed E-state index contributed by atoms with van der Waals surface area (Å²) in [5.41, 5.74) is 1.20.